The van der Waals surface area contributed by atoms with Gasteiger partial charge in [-0.3, -0.25) is 0 Å². The van der Waals surface area contributed by atoms with Crippen LogP contribution in [0.15, 0.2) is 24.3 Å². The van der Waals surface area contributed by atoms with Crippen molar-refractivity contribution >= 4 is 28.3 Å². The van der Waals surface area contributed by atoms with E-state index in [0.29, 0.717) is 13.1 Å². The van der Waals surface area contributed by atoms with E-state index in [2.05, 4.69) is 27.9 Å². The SMILES string of the molecule is CN(C)CC(O)CNc1ccccc1I. The first-order valence-corrected chi connectivity index (χ1v) is 5.98. The first-order chi connectivity index (χ1) is 7.09. The highest BCUT2D eigenvalue weighted by Crippen LogP contribution is 2.16. The summed E-state index contributed by atoms with van der Waals surface area (Å²) in [5.41, 5.74) is 1.08. The summed E-state index contributed by atoms with van der Waals surface area (Å²) < 4.78 is 1.17. The molecule has 0 heterocycles. The van der Waals surface area contributed by atoms with E-state index in [0.717, 1.165) is 5.69 Å². The number of benzene rings is 1. The van der Waals surface area contributed by atoms with Gasteiger partial charge in [0, 0.05) is 22.3 Å². The lowest BCUT2D eigenvalue weighted by Crippen LogP contribution is -2.31. The number of nitrogens with zero attached hydrogens (tertiary/aromatic N) is 1. The van der Waals surface area contributed by atoms with Gasteiger partial charge in [-0.15, -0.1) is 0 Å². The highest BCUT2D eigenvalue weighted by Gasteiger charge is 2.05. The van der Waals surface area contributed by atoms with Crippen molar-refractivity contribution in [3.63, 3.8) is 0 Å². The van der Waals surface area contributed by atoms with Gasteiger partial charge >= 0.3 is 0 Å². The van der Waals surface area contributed by atoms with Crippen molar-refractivity contribution in [2.24, 2.45) is 0 Å². The smallest absolute Gasteiger partial charge is 0.0838 e. The molecular formula is C11H17IN2O. The molecule has 84 valence electrons. The van der Waals surface area contributed by atoms with Crippen molar-refractivity contribution < 1.29 is 5.11 Å². The third kappa shape index (κ3) is 4.81. The predicted molar refractivity (Wildman–Crippen MR) is 72.2 cm³/mol. The maximum absolute atomic E-state index is 9.67. The molecule has 15 heavy (non-hydrogen) atoms. The van der Waals surface area contributed by atoms with E-state index < -0.39 is 0 Å². The van der Waals surface area contributed by atoms with Crippen LogP contribution >= 0.6 is 22.6 Å². The average molecular weight is 320 g/mol. The fourth-order valence-electron chi connectivity index (χ4n) is 1.32. The van der Waals surface area contributed by atoms with Gasteiger partial charge in [-0.25, -0.2) is 0 Å². The van der Waals surface area contributed by atoms with E-state index in [4.69, 9.17) is 0 Å². The number of hydrogen-bond donors (Lipinski definition) is 2. The molecule has 0 fully saturated rings. The van der Waals surface area contributed by atoms with Gasteiger partial charge in [-0.1, -0.05) is 12.1 Å². The topological polar surface area (TPSA) is 35.5 Å². The number of para-hydroxylation sites is 1. The van der Waals surface area contributed by atoms with Gasteiger partial charge in [0.05, 0.1) is 6.10 Å². The average Bonchev–Trinajstić information content (AvgIpc) is 2.15. The van der Waals surface area contributed by atoms with Crippen molar-refractivity contribution in [2.45, 2.75) is 6.10 Å². The third-order valence-electron chi connectivity index (χ3n) is 1.98. The Labute approximate surface area is 105 Å². The van der Waals surface area contributed by atoms with Gasteiger partial charge in [-0.2, -0.15) is 0 Å². The Morgan fingerprint density at radius 3 is 2.67 bits per heavy atom. The van der Waals surface area contributed by atoms with Crippen LogP contribution in [0.25, 0.3) is 0 Å². The van der Waals surface area contributed by atoms with Crippen molar-refractivity contribution in [3.8, 4) is 0 Å². The summed E-state index contributed by atoms with van der Waals surface area (Å²) in [5, 5.41) is 12.9. The number of likely N-dealkylation sites (N-methyl/N-ethyl adjacent to an activating group) is 1. The van der Waals surface area contributed by atoms with Crippen LogP contribution < -0.4 is 5.32 Å². The molecule has 0 saturated heterocycles. The van der Waals surface area contributed by atoms with Crippen LogP contribution in [0.2, 0.25) is 0 Å². The quantitative estimate of drug-likeness (QED) is 0.810. The number of halogens is 1. The molecule has 0 aromatic heterocycles. The molecule has 2 N–H and O–H groups in total. The van der Waals surface area contributed by atoms with E-state index in [1.807, 2.05) is 43.3 Å². The Hall–Kier alpha value is -0.330. The molecular weight excluding hydrogens is 303 g/mol. The molecule has 1 atom stereocenters. The second-order valence-electron chi connectivity index (χ2n) is 3.78. The van der Waals surface area contributed by atoms with Gasteiger partial charge in [0.2, 0.25) is 0 Å². The van der Waals surface area contributed by atoms with Crippen molar-refractivity contribution in [1.82, 2.24) is 4.90 Å². The summed E-state index contributed by atoms with van der Waals surface area (Å²) in [4.78, 5) is 1.97. The zero-order chi connectivity index (χ0) is 11.3. The molecule has 0 saturated carbocycles. The highest BCUT2D eigenvalue weighted by atomic mass is 127. The number of anilines is 1. The fraction of sp³-hybridized carbons (Fsp3) is 0.455. The maximum Gasteiger partial charge on any atom is 0.0838 e. The van der Waals surface area contributed by atoms with Gasteiger partial charge in [-0.05, 0) is 48.8 Å². The van der Waals surface area contributed by atoms with Crippen LogP contribution in [0.5, 0.6) is 0 Å². The lowest BCUT2D eigenvalue weighted by Gasteiger charge is -2.17. The monoisotopic (exact) mass is 320 g/mol. The second-order valence-corrected chi connectivity index (χ2v) is 4.94. The number of aliphatic hydroxyl groups is 1. The molecule has 0 aliphatic carbocycles. The number of nitrogens with one attached hydrogen (secondary N) is 1. The predicted octanol–water partition coefficient (Wildman–Crippen LogP) is 1.63. The summed E-state index contributed by atoms with van der Waals surface area (Å²) in [6, 6.07) is 8.05. The number of rotatable bonds is 5. The van der Waals surface area contributed by atoms with Crippen LogP contribution in [-0.4, -0.2) is 43.3 Å². The first kappa shape index (κ1) is 12.7. The van der Waals surface area contributed by atoms with Gasteiger partial charge < -0.3 is 15.3 Å². The van der Waals surface area contributed by atoms with E-state index in [1.54, 1.807) is 0 Å². The minimum absolute atomic E-state index is 0.337. The zero-order valence-electron chi connectivity index (χ0n) is 9.07. The molecule has 0 bridgehead atoms. The van der Waals surface area contributed by atoms with Crippen LogP contribution in [0.1, 0.15) is 0 Å². The molecule has 1 aromatic carbocycles. The molecule has 0 aliphatic rings. The standard InChI is InChI=1S/C11H17IN2O/c1-14(2)8-9(15)7-13-11-6-4-3-5-10(11)12/h3-6,9,13,15H,7-8H2,1-2H3. The summed E-state index contributed by atoms with van der Waals surface area (Å²) in [5.74, 6) is 0. The van der Waals surface area contributed by atoms with Crippen LogP contribution in [0.3, 0.4) is 0 Å². The molecule has 0 spiro atoms. The van der Waals surface area contributed by atoms with Gasteiger partial charge in [0.25, 0.3) is 0 Å². The third-order valence-corrected chi connectivity index (χ3v) is 2.92. The van der Waals surface area contributed by atoms with Gasteiger partial charge in [0.15, 0.2) is 0 Å². The summed E-state index contributed by atoms with van der Waals surface area (Å²) in [6.07, 6.45) is -0.337. The Balaban J connectivity index is 2.40. The lowest BCUT2D eigenvalue weighted by atomic mass is 10.3. The number of hydrogen-bond acceptors (Lipinski definition) is 3. The molecule has 3 nitrogen and oxygen atoms in total. The van der Waals surface area contributed by atoms with E-state index in [9.17, 15) is 5.11 Å². The minimum atomic E-state index is -0.337. The van der Waals surface area contributed by atoms with Crippen LogP contribution in [0, 0.1) is 3.57 Å². The normalized spacial score (nSPS) is 12.9. The molecule has 0 aliphatic heterocycles. The molecule has 0 radical (unpaired) electrons. The van der Waals surface area contributed by atoms with E-state index in [-0.39, 0.29) is 6.10 Å². The summed E-state index contributed by atoms with van der Waals surface area (Å²) >= 11 is 2.28. The molecule has 0 amide bonds. The van der Waals surface area contributed by atoms with E-state index >= 15 is 0 Å². The minimum Gasteiger partial charge on any atom is -0.390 e. The van der Waals surface area contributed by atoms with Gasteiger partial charge in [0.1, 0.15) is 0 Å². The zero-order valence-corrected chi connectivity index (χ0v) is 11.2. The second kappa shape index (κ2) is 6.30. The highest BCUT2D eigenvalue weighted by molar-refractivity contribution is 14.1. The summed E-state index contributed by atoms with van der Waals surface area (Å²) in [7, 11) is 3.91. The lowest BCUT2D eigenvalue weighted by molar-refractivity contribution is 0.148. The largest absolute Gasteiger partial charge is 0.390 e. The molecule has 4 heteroatoms. The number of aliphatic hydroxyl groups excluding tert-OH is 1. The first-order valence-electron chi connectivity index (χ1n) is 4.91. The van der Waals surface area contributed by atoms with Crippen LogP contribution in [0.4, 0.5) is 5.69 Å². The van der Waals surface area contributed by atoms with Crippen molar-refractivity contribution in [2.75, 3.05) is 32.5 Å². The Kier molecular flexibility index (Phi) is 5.35. The van der Waals surface area contributed by atoms with Crippen molar-refractivity contribution in [1.29, 1.82) is 0 Å². The van der Waals surface area contributed by atoms with Crippen LogP contribution in [-0.2, 0) is 0 Å². The molecule has 1 aromatic rings. The maximum atomic E-state index is 9.67. The molecule has 1 rings (SSSR count). The Morgan fingerprint density at radius 1 is 1.40 bits per heavy atom. The Morgan fingerprint density at radius 2 is 2.07 bits per heavy atom. The Bertz CT molecular complexity index is 304. The van der Waals surface area contributed by atoms with E-state index in [1.165, 1.54) is 3.57 Å². The summed E-state index contributed by atoms with van der Waals surface area (Å²) in [6.45, 7) is 1.26. The molecule has 1 unspecified atom stereocenters. The van der Waals surface area contributed by atoms with Crippen molar-refractivity contribution in [3.05, 3.63) is 27.8 Å². The fourth-order valence-corrected chi connectivity index (χ4v) is 1.90.